The van der Waals surface area contributed by atoms with Crippen molar-refractivity contribution in [3.05, 3.63) is 83.4 Å². The van der Waals surface area contributed by atoms with E-state index in [9.17, 15) is 14.4 Å². The number of benzene rings is 3. The van der Waals surface area contributed by atoms with E-state index < -0.39 is 23.9 Å². The summed E-state index contributed by atoms with van der Waals surface area (Å²) in [6.07, 6.45) is 1.73. The number of nitrogens with one attached hydrogen (secondary N) is 2. The van der Waals surface area contributed by atoms with Crippen LogP contribution < -0.4 is 16.4 Å². The fourth-order valence-electron chi connectivity index (χ4n) is 5.38. The summed E-state index contributed by atoms with van der Waals surface area (Å²) in [5.74, 6) is -1.25. The van der Waals surface area contributed by atoms with Gasteiger partial charge in [-0.05, 0) is 53.8 Å². The number of thiol groups is 1. The van der Waals surface area contributed by atoms with Crippen molar-refractivity contribution in [2.24, 2.45) is 5.73 Å². The number of fused-ring (bicyclic) bond motifs is 1. The summed E-state index contributed by atoms with van der Waals surface area (Å²) in [5.41, 5.74) is 7.77. The lowest BCUT2D eigenvalue weighted by atomic mass is 9.84. The summed E-state index contributed by atoms with van der Waals surface area (Å²) in [7, 11) is 1.55. The Labute approximate surface area is 246 Å². The molecule has 1 fully saturated rings. The molecule has 9 nitrogen and oxygen atoms in total. The number of carbonyl (C=O) groups excluding carboxylic acids is 3. The molecule has 0 spiro atoms. The van der Waals surface area contributed by atoms with E-state index in [1.165, 1.54) is 4.31 Å². The van der Waals surface area contributed by atoms with Gasteiger partial charge in [0.2, 0.25) is 11.8 Å². The highest BCUT2D eigenvalue weighted by molar-refractivity contribution is 7.78. The van der Waals surface area contributed by atoms with Crippen molar-refractivity contribution in [2.45, 2.75) is 31.2 Å². The van der Waals surface area contributed by atoms with Gasteiger partial charge in [-0.25, -0.2) is 4.79 Å². The Bertz CT molecular complexity index is 1350. The summed E-state index contributed by atoms with van der Waals surface area (Å²) in [6.45, 7) is 4.54. The first-order valence-corrected chi connectivity index (χ1v) is 14.4. The molecule has 4 rings (SSSR count). The molecule has 10 heteroatoms. The highest BCUT2D eigenvalue weighted by Crippen LogP contribution is 2.32. The number of rotatable bonds is 12. The summed E-state index contributed by atoms with van der Waals surface area (Å²) >= 11 is 4.57. The highest BCUT2D eigenvalue weighted by atomic mass is 32.1. The minimum atomic E-state index is -0.913. The molecule has 1 saturated heterocycles. The fourth-order valence-corrected chi connectivity index (χ4v) is 5.71. The number of hydrogen-bond acceptors (Lipinski definition) is 6. The molecule has 0 saturated carbocycles. The van der Waals surface area contributed by atoms with Crippen LogP contribution in [-0.2, 0) is 16.0 Å². The second-order valence-corrected chi connectivity index (χ2v) is 10.6. The van der Waals surface area contributed by atoms with Crippen LogP contribution >= 0.6 is 12.8 Å². The lowest BCUT2D eigenvalue weighted by Gasteiger charge is -2.33. The number of aryl methyl sites for hydroxylation is 1. The predicted octanol–water partition coefficient (Wildman–Crippen LogP) is 3.35. The van der Waals surface area contributed by atoms with E-state index in [1.807, 2.05) is 48.5 Å². The van der Waals surface area contributed by atoms with E-state index in [0.717, 1.165) is 61.2 Å². The van der Waals surface area contributed by atoms with E-state index in [4.69, 9.17) is 10.5 Å². The number of urea groups is 1. The van der Waals surface area contributed by atoms with Gasteiger partial charge >= 0.3 is 6.03 Å². The largest absolute Gasteiger partial charge is 0.379 e. The van der Waals surface area contributed by atoms with Crippen molar-refractivity contribution >= 4 is 41.4 Å². The quantitative estimate of drug-likeness (QED) is 0.195. The smallest absolute Gasteiger partial charge is 0.327 e. The molecule has 0 aromatic heterocycles. The molecule has 2 atom stereocenters. The number of nitrogens with zero attached hydrogens (tertiary/aromatic N) is 2. The maximum Gasteiger partial charge on any atom is 0.327 e. The average Bonchev–Trinajstić information content (AvgIpc) is 3.01. The second-order valence-electron chi connectivity index (χ2n) is 10.2. The number of carbonyl (C=O) groups is 3. The van der Waals surface area contributed by atoms with E-state index >= 15 is 0 Å². The summed E-state index contributed by atoms with van der Waals surface area (Å²) in [6, 6.07) is 19.9. The molecule has 4 amide bonds. The first-order chi connectivity index (χ1) is 19.9. The Hall–Kier alpha value is -3.60. The van der Waals surface area contributed by atoms with Gasteiger partial charge in [-0.1, -0.05) is 73.5 Å². The van der Waals surface area contributed by atoms with Crippen LogP contribution in [-0.4, -0.2) is 79.5 Å². The average molecular weight is 578 g/mol. The molecule has 218 valence electrons. The van der Waals surface area contributed by atoms with Crippen molar-refractivity contribution in [3.8, 4) is 0 Å². The minimum absolute atomic E-state index is 0.329. The third kappa shape index (κ3) is 8.00. The summed E-state index contributed by atoms with van der Waals surface area (Å²) in [4.78, 5) is 41.0. The number of nitrogens with two attached hydrogens (primary N) is 1. The Morgan fingerprint density at radius 1 is 1.02 bits per heavy atom. The number of ether oxygens (including phenoxy) is 1. The van der Waals surface area contributed by atoms with Crippen molar-refractivity contribution in [2.75, 3.05) is 46.4 Å². The highest BCUT2D eigenvalue weighted by Gasteiger charge is 2.36. The minimum Gasteiger partial charge on any atom is -0.379 e. The van der Waals surface area contributed by atoms with Crippen molar-refractivity contribution in [1.82, 2.24) is 19.8 Å². The lowest BCUT2D eigenvalue weighted by Crippen LogP contribution is -2.51. The molecule has 3 aromatic carbocycles. The van der Waals surface area contributed by atoms with Crippen LogP contribution in [0.5, 0.6) is 0 Å². The first-order valence-electron chi connectivity index (χ1n) is 14.0. The fraction of sp³-hybridized carbons (Fsp3) is 0.387. The van der Waals surface area contributed by atoms with E-state index in [1.54, 1.807) is 19.2 Å². The molecule has 1 aliphatic heterocycles. The van der Waals surface area contributed by atoms with Crippen molar-refractivity contribution in [3.63, 3.8) is 0 Å². The van der Waals surface area contributed by atoms with Gasteiger partial charge in [-0.15, -0.1) is 0 Å². The van der Waals surface area contributed by atoms with Crippen molar-refractivity contribution < 1.29 is 19.1 Å². The van der Waals surface area contributed by atoms with Gasteiger partial charge < -0.3 is 21.1 Å². The molecular formula is C31H39N5O4S. The Kier molecular flexibility index (Phi) is 11.0. The molecule has 0 bridgehead atoms. The second kappa shape index (κ2) is 14.9. The number of primary amides is 1. The zero-order chi connectivity index (χ0) is 29.2. The molecule has 2 unspecified atom stereocenters. The van der Waals surface area contributed by atoms with E-state index in [0.29, 0.717) is 24.9 Å². The maximum absolute atomic E-state index is 13.4. The zero-order valence-corrected chi connectivity index (χ0v) is 24.3. The Balaban J connectivity index is 1.57. The van der Waals surface area contributed by atoms with E-state index in [2.05, 4.69) is 34.4 Å². The van der Waals surface area contributed by atoms with Gasteiger partial charge in [0.25, 0.3) is 0 Å². The van der Waals surface area contributed by atoms with Gasteiger partial charge in [0.05, 0.1) is 13.2 Å². The molecular weight excluding hydrogens is 538 g/mol. The molecule has 4 N–H and O–H groups in total. The first kappa shape index (κ1) is 30.4. The number of amides is 4. The van der Waals surface area contributed by atoms with Crippen LogP contribution in [0.15, 0.2) is 66.7 Å². The molecule has 0 radical (unpaired) electrons. The van der Waals surface area contributed by atoms with Gasteiger partial charge in [0.15, 0.2) is 0 Å². The summed E-state index contributed by atoms with van der Waals surface area (Å²) in [5, 5.41) is 7.76. The van der Waals surface area contributed by atoms with Crippen LogP contribution in [0.3, 0.4) is 0 Å². The van der Waals surface area contributed by atoms with Gasteiger partial charge in [-0.2, -0.15) is 0 Å². The van der Waals surface area contributed by atoms with Crippen LogP contribution in [0.4, 0.5) is 4.79 Å². The van der Waals surface area contributed by atoms with Crippen LogP contribution in [0, 0.1) is 0 Å². The maximum atomic E-state index is 13.4. The molecule has 0 aliphatic carbocycles. The topological polar surface area (TPSA) is 117 Å². The lowest BCUT2D eigenvalue weighted by molar-refractivity contribution is -0.124. The monoisotopic (exact) mass is 577 g/mol. The predicted molar refractivity (Wildman–Crippen MR) is 164 cm³/mol. The van der Waals surface area contributed by atoms with Crippen LogP contribution in [0.25, 0.3) is 10.8 Å². The Morgan fingerprint density at radius 3 is 2.46 bits per heavy atom. The summed E-state index contributed by atoms with van der Waals surface area (Å²) < 4.78 is 6.60. The third-order valence-corrected chi connectivity index (χ3v) is 8.04. The van der Waals surface area contributed by atoms with E-state index in [-0.39, 0.29) is 5.91 Å². The van der Waals surface area contributed by atoms with Crippen molar-refractivity contribution in [1.29, 1.82) is 0 Å². The number of hydrogen-bond donors (Lipinski definition) is 4. The van der Waals surface area contributed by atoms with Gasteiger partial charge in [-0.3, -0.25) is 18.8 Å². The zero-order valence-electron chi connectivity index (χ0n) is 23.4. The molecule has 3 aromatic rings. The molecule has 1 aliphatic rings. The van der Waals surface area contributed by atoms with Crippen LogP contribution in [0.1, 0.15) is 40.2 Å². The molecule has 1 heterocycles. The third-order valence-electron chi connectivity index (χ3n) is 7.61. The normalized spacial score (nSPS) is 15.2. The molecule has 41 heavy (non-hydrogen) atoms. The Morgan fingerprint density at radius 2 is 1.73 bits per heavy atom. The number of likely N-dealkylation sites (N-methyl/N-ethyl adjacent to an activating group) is 1. The standard InChI is InChI=1S/C31H39N5O4S/c1-33-30(38)28(36(41)31(39)34-15-6-16-35-17-19-40-20-18-35)26(14-13-23-8-4-5-10-27(23)29(32)37)25-12-11-22-7-2-3-9-24(22)21-25/h2-5,7-12,21,26,28,41H,6,13-20H2,1H3,(H2,32,37)(H,33,38)(H,34,39). The number of morpholine rings is 1. The van der Waals surface area contributed by atoms with Gasteiger partial charge in [0, 0.05) is 38.2 Å². The van der Waals surface area contributed by atoms with Crippen LogP contribution in [0.2, 0.25) is 0 Å². The van der Waals surface area contributed by atoms with Gasteiger partial charge in [0.1, 0.15) is 6.04 Å². The SMILES string of the molecule is CNC(=O)C(C(CCc1ccccc1C(N)=O)c1ccc2ccccc2c1)N(S)C(=O)NCCCN1CCOCC1.